The van der Waals surface area contributed by atoms with E-state index in [1.807, 2.05) is 30.3 Å². The van der Waals surface area contributed by atoms with Crippen molar-refractivity contribution in [2.75, 3.05) is 19.6 Å². The fourth-order valence-corrected chi connectivity index (χ4v) is 4.00. The molecule has 0 N–H and O–H groups in total. The second-order valence-electron chi connectivity index (χ2n) is 7.42. The van der Waals surface area contributed by atoms with Crippen LogP contribution in [0.15, 0.2) is 64.8 Å². The van der Waals surface area contributed by atoms with Crippen LogP contribution in [0, 0.1) is 0 Å². The van der Waals surface area contributed by atoms with Crippen LogP contribution in [0.5, 0.6) is 0 Å². The average molecular weight is 415 g/mol. The molecule has 1 aliphatic rings. The first-order chi connectivity index (χ1) is 13.6. The Labute approximate surface area is 178 Å². The molecule has 3 rings (SSSR count). The van der Waals surface area contributed by atoms with Crippen molar-refractivity contribution >= 4 is 28.9 Å². The van der Waals surface area contributed by atoms with Gasteiger partial charge in [0.05, 0.1) is 5.70 Å². The first-order valence-corrected chi connectivity index (χ1v) is 10.8. The Balaban J connectivity index is 1.74. The molecule has 0 aliphatic carbocycles. The quantitative estimate of drug-likeness (QED) is 0.454. The molecule has 0 unspecified atom stereocenters. The average Bonchev–Trinajstić information content (AvgIpc) is 2.68. The molecule has 0 saturated carbocycles. The van der Waals surface area contributed by atoms with E-state index in [1.165, 1.54) is 16.8 Å². The highest BCUT2D eigenvalue weighted by Crippen LogP contribution is 2.24. The van der Waals surface area contributed by atoms with Gasteiger partial charge in [-0.3, -0.25) is 9.89 Å². The van der Waals surface area contributed by atoms with Crippen LogP contribution in [0.4, 0.5) is 0 Å². The van der Waals surface area contributed by atoms with E-state index < -0.39 is 0 Å². The topological polar surface area (TPSA) is 15.6 Å². The number of benzene rings is 2. The normalized spacial score (nSPS) is 15.9. The van der Waals surface area contributed by atoms with Gasteiger partial charge in [-0.15, -0.1) is 0 Å². The lowest BCUT2D eigenvalue weighted by Gasteiger charge is -2.28. The maximum absolute atomic E-state index is 6.45. The monoisotopic (exact) mass is 414 g/mol. The van der Waals surface area contributed by atoms with Crippen molar-refractivity contribution in [2.24, 2.45) is 4.99 Å². The van der Waals surface area contributed by atoms with Crippen molar-refractivity contribution in [3.63, 3.8) is 0 Å². The van der Waals surface area contributed by atoms with Crippen molar-refractivity contribution in [1.82, 2.24) is 4.90 Å². The summed E-state index contributed by atoms with van der Waals surface area (Å²) in [6.45, 7) is 7.39. The van der Waals surface area contributed by atoms with Crippen LogP contribution < -0.4 is 0 Å². The van der Waals surface area contributed by atoms with Gasteiger partial charge in [0.1, 0.15) is 0 Å². The van der Waals surface area contributed by atoms with Crippen molar-refractivity contribution in [2.45, 2.75) is 39.5 Å². The molecule has 1 heterocycles. The van der Waals surface area contributed by atoms with Crippen molar-refractivity contribution in [3.05, 3.63) is 81.0 Å². The standard InChI is InChI=1S/C24H28Cl2N2/c1-3-7-23(21-10-4-5-11-22(21)26)27-24-17-28(14-12-18(24)2)15-13-19-8-6-9-20(25)16-19/h4-6,8-11,16H,3,7,12-15,17H2,1-2H3. The highest BCUT2D eigenvalue weighted by Gasteiger charge is 2.17. The molecule has 2 nitrogen and oxygen atoms in total. The zero-order valence-electron chi connectivity index (χ0n) is 16.7. The van der Waals surface area contributed by atoms with E-state index in [4.69, 9.17) is 28.2 Å². The van der Waals surface area contributed by atoms with Gasteiger partial charge in [-0.1, -0.05) is 66.9 Å². The summed E-state index contributed by atoms with van der Waals surface area (Å²) >= 11 is 12.6. The minimum atomic E-state index is 0.779. The lowest BCUT2D eigenvalue weighted by Crippen LogP contribution is -2.33. The molecule has 0 spiro atoms. The van der Waals surface area contributed by atoms with Crippen LogP contribution >= 0.6 is 23.2 Å². The van der Waals surface area contributed by atoms with Gasteiger partial charge in [-0.25, -0.2) is 0 Å². The summed E-state index contributed by atoms with van der Waals surface area (Å²) in [7, 11) is 0. The van der Waals surface area contributed by atoms with E-state index in [0.717, 1.165) is 66.6 Å². The van der Waals surface area contributed by atoms with Crippen LogP contribution in [0.3, 0.4) is 0 Å². The number of halogens is 2. The van der Waals surface area contributed by atoms with Gasteiger partial charge in [0, 0.05) is 41.0 Å². The highest BCUT2D eigenvalue weighted by molar-refractivity contribution is 6.34. The molecule has 0 atom stereocenters. The third-order valence-corrected chi connectivity index (χ3v) is 5.78. The molecule has 148 valence electrons. The molecule has 0 radical (unpaired) electrons. The molecule has 0 bridgehead atoms. The highest BCUT2D eigenvalue weighted by atomic mass is 35.5. The molecule has 0 fully saturated rings. The van der Waals surface area contributed by atoms with Crippen LogP contribution in [0.2, 0.25) is 10.0 Å². The van der Waals surface area contributed by atoms with E-state index in [-0.39, 0.29) is 0 Å². The van der Waals surface area contributed by atoms with E-state index in [0.29, 0.717) is 0 Å². The first-order valence-electron chi connectivity index (χ1n) is 10.0. The van der Waals surface area contributed by atoms with E-state index >= 15 is 0 Å². The minimum absolute atomic E-state index is 0.779. The molecule has 28 heavy (non-hydrogen) atoms. The Kier molecular flexibility index (Phi) is 7.73. The largest absolute Gasteiger partial charge is 0.297 e. The molecule has 1 aliphatic heterocycles. The van der Waals surface area contributed by atoms with E-state index in [1.54, 1.807) is 0 Å². The second-order valence-corrected chi connectivity index (χ2v) is 8.27. The Morgan fingerprint density at radius 1 is 1.11 bits per heavy atom. The van der Waals surface area contributed by atoms with Crippen LogP contribution in [-0.2, 0) is 6.42 Å². The Morgan fingerprint density at radius 3 is 2.68 bits per heavy atom. The Hall–Kier alpha value is -1.61. The Morgan fingerprint density at radius 2 is 1.93 bits per heavy atom. The summed E-state index contributed by atoms with van der Waals surface area (Å²) in [6.07, 6.45) is 4.05. The zero-order chi connectivity index (χ0) is 19.9. The minimum Gasteiger partial charge on any atom is -0.297 e. The number of aliphatic imine (C=N–C) groups is 1. The summed E-state index contributed by atoms with van der Waals surface area (Å²) in [4.78, 5) is 7.59. The van der Waals surface area contributed by atoms with Gasteiger partial charge in [-0.2, -0.15) is 0 Å². The zero-order valence-corrected chi connectivity index (χ0v) is 18.2. The summed E-state index contributed by atoms with van der Waals surface area (Å²) in [5.41, 5.74) is 6.02. The Bertz CT molecular complexity index is 870. The fourth-order valence-electron chi connectivity index (χ4n) is 3.54. The van der Waals surface area contributed by atoms with Gasteiger partial charge in [0.2, 0.25) is 0 Å². The van der Waals surface area contributed by atoms with Gasteiger partial charge < -0.3 is 0 Å². The summed E-state index contributed by atoms with van der Waals surface area (Å²) in [5.74, 6) is 0. The molecule has 2 aromatic carbocycles. The molecule has 0 amide bonds. The number of nitrogens with zero attached hydrogens (tertiary/aromatic N) is 2. The van der Waals surface area contributed by atoms with Crippen LogP contribution in [0.25, 0.3) is 0 Å². The molecule has 0 saturated heterocycles. The van der Waals surface area contributed by atoms with Gasteiger partial charge in [0.25, 0.3) is 0 Å². The number of hydrogen-bond acceptors (Lipinski definition) is 2. The molecular weight excluding hydrogens is 387 g/mol. The molecule has 4 heteroatoms. The van der Waals surface area contributed by atoms with Crippen LogP contribution in [-0.4, -0.2) is 30.2 Å². The maximum Gasteiger partial charge on any atom is 0.0537 e. The van der Waals surface area contributed by atoms with Gasteiger partial charge in [0.15, 0.2) is 0 Å². The van der Waals surface area contributed by atoms with E-state index in [9.17, 15) is 0 Å². The number of rotatable bonds is 7. The van der Waals surface area contributed by atoms with Crippen molar-refractivity contribution < 1.29 is 0 Å². The first kappa shape index (κ1) is 21.1. The molecular formula is C24H28Cl2N2. The third-order valence-electron chi connectivity index (χ3n) is 5.22. The van der Waals surface area contributed by atoms with Crippen molar-refractivity contribution in [3.8, 4) is 0 Å². The fraction of sp³-hybridized carbons (Fsp3) is 0.375. The maximum atomic E-state index is 6.45. The lowest BCUT2D eigenvalue weighted by molar-refractivity contribution is 0.287. The van der Waals surface area contributed by atoms with Crippen LogP contribution in [0.1, 0.15) is 44.2 Å². The summed E-state index contributed by atoms with van der Waals surface area (Å²) in [5, 5.41) is 1.59. The lowest BCUT2D eigenvalue weighted by atomic mass is 10.0. The summed E-state index contributed by atoms with van der Waals surface area (Å²) < 4.78 is 0. The molecule has 2 aromatic rings. The molecule has 0 aromatic heterocycles. The third kappa shape index (κ3) is 5.70. The predicted molar refractivity (Wildman–Crippen MR) is 122 cm³/mol. The second kappa shape index (κ2) is 10.2. The number of hydrogen-bond donors (Lipinski definition) is 0. The van der Waals surface area contributed by atoms with Crippen molar-refractivity contribution in [1.29, 1.82) is 0 Å². The van der Waals surface area contributed by atoms with Gasteiger partial charge in [-0.05, 0) is 55.5 Å². The SMILES string of the molecule is CCCC(=NC1=C(C)CCN(CCc2cccc(Cl)c2)C1)c1ccccc1Cl. The smallest absolute Gasteiger partial charge is 0.0537 e. The van der Waals surface area contributed by atoms with E-state index in [2.05, 4.69) is 36.9 Å². The predicted octanol–water partition coefficient (Wildman–Crippen LogP) is 6.81. The summed E-state index contributed by atoms with van der Waals surface area (Å²) in [6, 6.07) is 16.2. The van der Waals surface area contributed by atoms with Gasteiger partial charge >= 0.3 is 0 Å².